The Kier molecular flexibility index (Phi) is 9.70. The summed E-state index contributed by atoms with van der Waals surface area (Å²) >= 11 is 0. The zero-order valence-electron chi connectivity index (χ0n) is 11.3. The monoisotopic (exact) mass is 326 g/mol. The first-order valence-electron chi connectivity index (χ1n) is 5.95. The number of ether oxygens (including phenoxy) is 1. The van der Waals surface area contributed by atoms with Gasteiger partial charge in [-0.15, -0.1) is 12.4 Å². The number of benzene rings is 1. The summed E-state index contributed by atoms with van der Waals surface area (Å²) in [5, 5.41) is 3.03. The van der Waals surface area contributed by atoms with Gasteiger partial charge in [0.05, 0.1) is 12.4 Å². The van der Waals surface area contributed by atoms with Crippen molar-refractivity contribution in [3.63, 3.8) is 0 Å². The number of halogens is 2. The van der Waals surface area contributed by atoms with E-state index in [1.54, 1.807) is 7.11 Å². The van der Waals surface area contributed by atoms with Crippen LogP contribution in [0.15, 0.2) is 24.3 Å². The third-order valence-corrected chi connectivity index (χ3v) is 3.73. The number of hydrogen-bond acceptors (Lipinski definition) is 4. The topological polar surface area (TPSA) is 67.4 Å². The number of sulfonamides is 1. The molecule has 0 saturated heterocycles. The van der Waals surface area contributed by atoms with Crippen LogP contribution in [0, 0.1) is 5.82 Å². The molecule has 0 fully saturated rings. The third kappa shape index (κ3) is 8.44. The highest BCUT2D eigenvalue weighted by molar-refractivity contribution is 7.88. The molecule has 0 radical (unpaired) electrons. The Balaban J connectivity index is 0.00000361. The molecule has 0 amide bonds. The van der Waals surface area contributed by atoms with E-state index in [0.717, 1.165) is 0 Å². The second-order valence-electron chi connectivity index (χ2n) is 4.02. The van der Waals surface area contributed by atoms with Crippen molar-refractivity contribution in [2.45, 2.75) is 5.75 Å². The van der Waals surface area contributed by atoms with Gasteiger partial charge in [0.25, 0.3) is 0 Å². The van der Waals surface area contributed by atoms with E-state index in [-0.39, 0.29) is 24.0 Å². The summed E-state index contributed by atoms with van der Waals surface area (Å²) in [6.07, 6.45) is 0. The van der Waals surface area contributed by atoms with Crippen molar-refractivity contribution in [3.8, 4) is 0 Å². The number of nitrogens with one attached hydrogen (secondary N) is 2. The maximum Gasteiger partial charge on any atom is 0.215 e. The maximum absolute atomic E-state index is 12.7. The number of rotatable bonds is 9. The van der Waals surface area contributed by atoms with E-state index in [9.17, 15) is 12.8 Å². The molecule has 2 N–H and O–H groups in total. The Morgan fingerprint density at radius 2 is 1.80 bits per heavy atom. The Morgan fingerprint density at radius 3 is 2.40 bits per heavy atom. The van der Waals surface area contributed by atoms with Gasteiger partial charge in [-0.3, -0.25) is 0 Å². The lowest BCUT2D eigenvalue weighted by Gasteiger charge is -2.07. The third-order valence-electron chi connectivity index (χ3n) is 2.38. The molecule has 116 valence electrons. The molecule has 0 aliphatic rings. The zero-order chi connectivity index (χ0) is 14.1. The molecule has 0 bridgehead atoms. The van der Waals surface area contributed by atoms with Crippen LogP contribution in [0.25, 0.3) is 0 Å². The van der Waals surface area contributed by atoms with Crippen molar-refractivity contribution in [2.75, 3.05) is 33.4 Å². The Labute approximate surface area is 125 Å². The second-order valence-corrected chi connectivity index (χ2v) is 5.83. The van der Waals surface area contributed by atoms with Crippen molar-refractivity contribution in [2.24, 2.45) is 0 Å². The first-order chi connectivity index (χ1) is 9.03. The molecule has 1 aromatic rings. The van der Waals surface area contributed by atoms with Gasteiger partial charge < -0.3 is 10.1 Å². The van der Waals surface area contributed by atoms with Crippen molar-refractivity contribution >= 4 is 22.4 Å². The minimum atomic E-state index is -3.38. The summed E-state index contributed by atoms with van der Waals surface area (Å²) in [7, 11) is -1.78. The Hall–Kier alpha value is -0.730. The molecule has 5 nitrogen and oxygen atoms in total. The van der Waals surface area contributed by atoms with Crippen molar-refractivity contribution in [1.29, 1.82) is 0 Å². The minimum Gasteiger partial charge on any atom is -0.383 e. The lowest BCUT2D eigenvalue weighted by molar-refractivity contribution is 0.199. The fourth-order valence-corrected chi connectivity index (χ4v) is 2.59. The van der Waals surface area contributed by atoms with Crippen molar-refractivity contribution in [1.82, 2.24) is 10.0 Å². The minimum absolute atomic E-state index is 0. The summed E-state index contributed by atoms with van der Waals surface area (Å²) in [5.41, 5.74) is 0.557. The predicted octanol–water partition coefficient (Wildman–Crippen LogP) is 0.903. The molecule has 1 rings (SSSR count). The Morgan fingerprint density at radius 1 is 1.15 bits per heavy atom. The molecule has 0 heterocycles. The van der Waals surface area contributed by atoms with Gasteiger partial charge in [-0.05, 0) is 17.7 Å². The molecule has 8 heteroatoms. The number of hydrogen-bond donors (Lipinski definition) is 2. The van der Waals surface area contributed by atoms with Crippen molar-refractivity contribution in [3.05, 3.63) is 35.6 Å². The van der Waals surface area contributed by atoms with E-state index >= 15 is 0 Å². The molecule has 20 heavy (non-hydrogen) atoms. The summed E-state index contributed by atoms with van der Waals surface area (Å²) in [6.45, 7) is 2.11. The van der Waals surface area contributed by atoms with Crippen molar-refractivity contribution < 1.29 is 17.5 Å². The van der Waals surface area contributed by atoms with Crippen LogP contribution < -0.4 is 10.0 Å². The van der Waals surface area contributed by atoms with Crippen LogP contribution in [-0.4, -0.2) is 41.8 Å². The molecule has 0 atom stereocenters. The van der Waals surface area contributed by atoms with Gasteiger partial charge in [0.15, 0.2) is 0 Å². The molecule has 0 unspecified atom stereocenters. The van der Waals surface area contributed by atoms with Gasteiger partial charge >= 0.3 is 0 Å². The van der Waals surface area contributed by atoms with Crippen LogP contribution in [-0.2, 0) is 20.5 Å². The van der Waals surface area contributed by atoms with E-state index in [1.807, 2.05) is 0 Å². The fraction of sp³-hybridized carbons (Fsp3) is 0.500. The van der Waals surface area contributed by atoms with Gasteiger partial charge in [-0.25, -0.2) is 17.5 Å². The highest BCUT2D eigenvalue weighted by Crippen LogP contribution is 2.06. The zero-order valence-corrected chi connectivity index (χ0v) is 12.9. The molecular formula is C12H20ClFN2O3S. The first kappa shape index (κ1) is 19.3. The predicted molar refractivity (Wildman–Crippen MR) is 79.0 cm³/mol. The normalized spacial score (nSPS) is 11.1. The van der Waals surface area contributed by atoms with Crippen LogP contribution in [0.2, 0.25) is 0 Å². The average molecular weight is 327 g/mol. The molecule has 0 aliphatic carbocycles. The summed E-state index contributed by atoms with van der Waals surface area (Å²) in [5.74, 6) is -0.526. The lowest BCUT2D eigenvalue weighted by Crippen LogP contribution is -2.33. The standard InChI is InChI=1S/C12H19FN2O3S.ClH/c1-18-9-8-14-6-7-15-19(16,17)10-11-2-4-12(13)5-3-11;/h2-5,14-15H,6-10H2,1H3;1H. The molecule has 1 aromatic carbocycles. The smallest absolute Gasteiger partial charge is 0.215 e. The van der Waals surface area contributed by atoms with E-state index in [0.29, 0.717) is 31.8 Å². The van der Waals surface area contributed by atoms with Crippen LogP contribution in [0.3, 0.4) is 0 Å². The van der Waals surface area contributed by atoms with E-state index in [1.165, 1.54) is 24.3 Å². The number of methoxy groups -OCH3 is 1. The fourth-order valence-electron chi connectivity index (χ4n) is 1.45. The summed E-state index contributed by atoms with van der Waals surface area (Å²) in [4.78, 5) is 0. The van der Waals surface area contributed by atoms with Gasteiger partial charge in [0.2, 0.25) is 10.0 Å². The Bertz CT molecular complexity index is 468. The summed E-state index contributed by atoms with van der Waals surface area (Å²) < 4.78 is 43.4. The highest BCUT2D eigenvalue weighted by Gasteiger charge is 2.10. The van der Waals surface area contributed by atoms with Gasteiger partial charge in [-0.2, -0.15) is 0 Å². The van der Waals surface area contributed by atoms with Gasteiger partial charge in [0, 0.05) is 26.7 Å². The van der Waals surface area contributed by atoms with Gasteiger partial charge in [-0.1, -0.05) is 12.1 Å². The van der Waals surface area contributed by atoms with Crippen LogP contribution in [0.1, 0.15) is 5.56 Å². The maximum atomic E-state index is 12.7. The molecular weight excluding hydrogens is 307 g/mol. The average Bonchev–Trinajstić information content (AvgIpc) is 2.36. The lowest BCUT2D eigenvalue weighted by atomic mass is 10.2. The van der Waals surface area contributed by atoms with Gasteiger partial charge in [0.1, 0.15) is 5.82 Å². The molecule has 0 aliphatic heterocycles. The first-order valence-corrected chi connectivity index (χ1v) is 7.60. The van der Waals surface area contributed by atoms with E-state index in [4.69, 9.17) is 4.74 Å². The molecule has 0 saturated carbocycles. The van der Waals surface area contributed by atoms with E-state index in [2.05, 4.69) is 10.0 Å². The quantitative estimate of drug-likeness (QED) is 0.662. The molecule has 0 aromatic heterocycles. The van der Waals surface area contributed by atoms with Crippen LogP contribution in [0.5, 0.6) is 0 Å². The largest absolute Gasteiger partial charge is 0.383 e. The van der Waals surface area contributed by atoms with Crippen LogP contribution in [0.4, 0.5) is 4.39 Å². The second kappa shape index (κ2) is 10.1. The highest BCUT2D eigenvalue weighted by atomic mass is 35.5. The van der Waals surface area contributed by atoms with Crippen LogP contribution >= 0.6 is 12.4 Å². The SMILES string of the molecule is COCCNCCNS(=O)(=O)Cc1ccc(F)cc1.Cl. The van der Waals surface area contributed by atoms with E-state index < -0.39 is 10.0 Å². The molecule has 0 spiro atoms. The summed E-state index contributed by atoms with van der Waals surface area (Å²) in [6, 6.07) is 5.42.